The molecule has 31 heavy (non-hydrogen) atoms. The zero-order valence-electron chi connectivity index (χ0n) is 18.6. The van der Waals surface area contributed by atoms with E-state index in [1.54, 1.807) is 0 Å². The summed E-state index contributed by atoms with van der Waals surface area (Å²) in [5.41, 5.74) is 2.08. The highest BCUT2D eigenvalue weighted by Crippen LogP contribution is 2.58. The zero-order valence-corrected chi connectivity index (χ0v) is 18.6. The molecule has 4 bridgehead atoms. The number of nitrogens with zero attached hydrogens (tertiary/aromatic N) is 1. The molecule has 0 aromatic heterocycles. The number of carbonyl (C=O) groups excluding carboxylic acids is 1. The summed E-state index contributed by atoms with van der Waals surface area (Å²) < 4.78 is 24.4. The normalized spacial score (nSPS) is 34.8. The van der Waals surface area contributed by atoms with E-state index in [1.807, 2.05) is 19.1 Å². The topological polar surface area (TPSA) is 38.8 Å². The molecule has 2 unspecified atom stereocenters. The molecule has 4 nitrogen and oxygen atoms in total. The molecule has 2 atom stereocenters. The van der Waals surface area contributed by atoms with Crippen LogP contribution in [0.4, 0.5) is 4.39 Å². The van der Waals surface area contributed by atoms with E-state index >= 15 is 0 Å². The average molecular weight is 428 g/mol. The van der Waals surface area contributed by atoms with E-state index in [2.05, 4.69) is 17.0 Å². The number of benzene rings is 1. The van der Waals surface area contributed by atoms with Crippen LogP contribution in [0.15, 0.2) is 36.2 Å². The van der Waals surface area contributed by atoms with E-state index in [4.69, 9.17) is 9.47 Å². The Kier molecular flexibility index (Phi) is 5.58. The lowest BCUT2D eigenvalue weighted by molar-refractivity contribution is -0.157. The number of carbonyl (C=O) groups is 1. The van der Waals surface area contributed by atoms with Crippen molar-refractivity contribution < 1.29 is 18.7 Å². The average Bonchev–Trinajstić information content (AvgIpc) is 3.18. The van der Waals surface area contributed by atoms with Crippen molar-refractivity contribution in [1.82, 2.24) is 4.90 Å². The van der Waals surface area contributed by atoms with Gasteiger partial charge in [-0.05, 0) is 86.5 Å². The summed E-state index contributed by atoms with van der Waals surface area (Å²) in [5, 5.41) is 0. The highest BCUT2D eigenvalue weighted by molar-refractivity contribution is 5.83. The second-order valence-corrected chi connectivity index (χ2v) is 10.2. The summed E-state index contributed by atoms with van der Waals surface area (Å²) >= 11 is 0. The van der Waals surface area contributed by atoms with Gasteiger partial charge in [0.2, 0.25) is 5.91 Å². The first-order valence-corrected chi connectivity index (χ1v) is 12.0. The molecule has 0 spiro atoms. The highest BCUT2D eigenvalue weighted by atomic mass is 19.1. The van der Waals surface area contributed by atoms with Gasteiger partial charge in [0.15, 0.2) is 0 Å². The Labute approximate surface area is 184 Å². The molecule has 5 fully saturated rings. The molecule has 1 aromatic rings. The Bertz CT molecular complexity index is 812. The Morgan fingerprint density at radius 3 is 2.26 bits per heavy atom. The molecule has 5 aliphatic rings. The highest BCUT2D eigenvalue weighted by Gasteiger charge is 2.54. The molecule has 168 valence electrons. The van der Waals surface area contributed by atoms with Crippen LogP contribution in [-0.4, -0.2) is 42.7 Å². The first kappa shape index (κ1) is 21.0. The number of amides is 1. The Hall–Kier alpha value is -1.88. The summed E-state index contributed by atoms with van der Waals surface area (Å²) in [7, 11) is 0. The predicted octanol–water partition coefficient (Wildman–Crippen LogP) is 5.31. The molecular formula is C26H34FNO3. The van der Waals surface area contributed by atoms with Crippen molar-refractivity contribution in [3.8, 4) is 5.75 Å². The minimum atomic E-state index is -0.142. The molecule has 3 aliphatic carbocycles. The minimum Gasteiger partial charge on any atom is -0.489 e. The Morgan fingerprint density at radius 1 is 1.10 bits per heavy atom. The lowest BCUT2D eigenvalue weighted by atomic mass is 9.51. The number of rotatable bonds is 6. The van der Waals surface area contributed by atoms with Crippen LogP contribution in [0, 0.1) is 5.41 Å². The molecule has 0 radical (unpaired) electrons. The molecule has 0 N–H and O–H groups in total. The first-order chi connectivity index (χ1) is 15.1. The summed E-state index contributed by atoms with van der Waals surface area (Å²) in [6, 6.07) is 8.39. The van der Waals surface area contributed by atoms with Gasteiger partial charge in [0.05, 0.1) is 18.5 Å². The van der Waals surface area contributed by atoms with Crippen LogP contribution in [0.2, 0.25) is 0 Å². The largest absolute Gasteiger partial charge is 0.489 e. The number of likely N-dealkylation sites (tertiary alicyclic amines) is 1. The number of halogens is 1. The standard InChI is InChI=1S/C26H34FNO3/c1-2-19(15-27)18-30-21-5-3-20(4-6-21)25-9-12-26(13-10-25,14-11-25)24(29)28-16-22-7-8-23(17-28)31-22/h3-6,15,22-23H,2,7-14,16-18H2,1H3. The van der Waals surface area contributed by atoms with E-state index in [9.17, 15) is 9.18 Å². The fourth-order valence-corrected chi connectivity index (χ4v) is 6.35. The summed E-state index contributed by atoms with van der Waals surface area (Å²) in [6.07, 6.45) is 10.3. The van der Waals surface area contributed by atoms with Crippen LogP contribution >= 0.6 is 0 Å². The molecule has 2 aliphatic heterocycles. The summed E-state index contributed by atoms with van der Waals surface area (Å²) in [4.78, 5) is 15.7. The number of hydrogen-bond acceptors (Lipinski definition) is 3. The van der Waals surface area contributed by atoms with Crippen LogP contribution in [0.1, 0.15) is 70.3 Å². The second kappa shape index (κ2) is 8.23. The number of ether oxygens (including phenoxy) is 2. The van der Waals surface area contributed by atoms with Crippen molar-refractivity contribution in [1.29, 1.82) is 0 Å². The lowest BCUT2D eigenvalue weighted by Crippen LogP contribution is -2.56. The van der Waals surface area contributed by atoms with Gasteiger partial charge in [0.1, 0.15) is 12.4 Å². The van der Waals surface area contributed by atoms with Gasteiger partial charge in [-0.3, -0.25) is 4.79 Å². The van der Waals surface area contributed by atoms with E-state index in [-0.39, 0.29) is 23.0 Å². The van der Waals surface area contributed by atoms with Gasteiger partial charge >= 0.3 is 0 Å². The first-order valence-electron chi connectivity index (χ1n) is 12.0. The molecule has 2 heterocycles. The third-order valence-corrected chi connectivity index (χ3v) is 8.53. The van der Waals surface area contributed by atoms with E-state index < -0.39 is 0 Å². The van der Waals surface area contributed by atoms with E-state index in [0.29, 0.717) is 30.8 Å². The minimum absolute atomic E-state index is 0.142. The van der Waals surface area contributed by atoms with Crippen LogP contribution in [0.3, 0.4) is 0 Å². The van der Waals surface area contributed by atoms with Crippen LogP contribution in [0.5, 0.6) is 5.75 Å². The third-order valence-electron chi connectivity index (χ3n) is 8.53. The van der Waals surface area contributed by atoms with E-state index in [1.165, 1.54) is 5.56 Å². The van der Waals surface area contributed by atoms with Crippen LogP contribution < -0.4 is 4.74 Å². The van der Waals surface area contributed by atoms with Crippen molar-refractivity contribution in [2.75, 3.05) is 19.7 Å². The van der Waals surface area contributed by atoms with Gasteiger partial charge in [0, 0.05) is 18.5 Å². The summed E-state index contributed by atoms with van der Waals surface area (Å²) in [6.45, 7) is 3.81. The quantitative estimate of drug-likeness (QED) is 0.618. The van der Waals surface area contributed by atoms with Gasteiger partial charge in [-0.25, -0.2) is 4.39 Å². The SMILES string of the molecule is CCC(=CF)COc1ccc(C23CCC(C(=O)N4CC5CCC(C4)O5)(CC2)CC3)cc1. The molecule has 5 heteroatoms. The van der Waals surface area contributed by atoms with Crippen LogP contribution in [0.25, 0.3) is 0 Å². The lowest BCUT2D eigenvalue weighted by Gasteiger charge is -2.54. The number of hydrogen-bond donors (Lipinski definition) is 0. The van der Waals surface area contributed by atoms with Crippen molar-refractivity contribution in [2.24, 2.45) is 5.41 Å². The van der Waals surface area contributed by atoms with E-state index in [0.717, 1.165) is 70.2 Å². The Balaban J connectivity index is 1.23. The van der Waals surface area contributed by atoms with Gasteiger partial charge < -0.3 is 14.4 Å². The fourth-order valence-electron chi connectivity index (χ4n) is 6.35. The van der Waals surface area contributed by atoms with Gasteiger partial charge in [0.25, 0.3) is 0 Å². The molecular weight excluding hydrogens is 393 g/mol. The monoisotopic (exact) mass is 427 g/mol. The van der Waals surface area contributed by atoms with Crippen molar-refractivity contribution >= 4 is 5.91 Å². The predicted molar refractivity (Wildman–Crippen MR) is 118 cm³/mol. The maximum Gasteiger partial charge on any atom is 0.228 e. The molecule has 3 saturated carbocycles. The number of fused-ring (bicyclic) bond motifs is 5. The van der Waals surface area contributed by atoms with Crippen LogP contribution in [-0.2, 0) is 14.9 Å². The molecule has 1 aromatic carbocycles. The molecule has 6 rings (SSSR count). The third kappa shape index (κ3) is 3.79. The zero-order chi connectivity index (χ0) is 21.5. The summed E-state index contributed by atoms with van der Waals surface area (Å²) in [5.74, 6) is 1.18. The second-order valence-electron chi connectivity index (χ2n) is 10.2. The van der Waals surface area contributed by atoms with Crippen molar-refractivity contribution in [3.05, 3.63) is 41.7 Å². The van der Waals surface area contributed by atoms with Gasteiger partial charge in [-0.2, -0.15) is 0 Å². The van der Waals surface area contributed by atoms with Crippen molar-refractivity contribution in [2.45, 2.75) is 82.3 Å². The van der Waals surface area contributed by atoms with Crippen molar-refractivity contribution in [3.63, 3.8) is 0 Å². The molecule has 2 saturated heterocycles. The fraction of sp³-hybridized carbons (Fsp3) is 0.654. The number of morpholine rings is 1. The molecule has 1 amide bonds. The Morgan fingerprint density at radius 2 is 1.71 bits per heavy atom. The smallest absolute Gasteiger partial charge is 0.228 e. The van der Waals surface area contributed by atoms with Gasteiger partial charge in [-0.15, -0.1) is 0 Å². The maximum atomic E-state index is 13.5. The maximum absolute atomic E-state index is 13.5. The van der Waals surface area contributed by atoms with Gasteiger partial charge in [-0.1, -0.05) is 19.1 Å².